The van der Waals surface area contributed by atoms with Crippen molar-refractivity contribution < 1.29 is 18.8 Å². The van der Waals surface area contributed by atoms with Gasteiger partial charge >= 0.3 is 0 Å². The van der Waals surface area contributed by atoms with Gasteiger partial charge in [-0.05, 0) is 0 Å². The molecule has 1 aromatic rings. The van der Waals surface area contributed by atoms with Crippen molar-refractivity contribution in [2.75, 3.05) is 20.3 Å². The van der Waals surface area contributed by atoms with Gasteiger partial charge in [0, 0.05) is 13.2 Å². The number of ether oxygens (including phenoxy) is 2. The summed E-state index contributed by atoms with van der Waals surface area (Å²) >= 11 is 0. The van der Waals surface area contributed by atoms with Crippen molar-refractivity contribution in [1.29, 1.82) is 0 Å². The average Bonchev–Trinajstić information content (AvgIpc) is 2.72. The zero-order valence-electron chi connectivity index (χ0n) is 8.36. The number of hydrogen-bond donors (Lipinski definition) is 2. The van der Waals surface area contributed by atoms with Gasteiger partial charge in [-0.1, -0.05) is 5.16 Å². The Balaban J connectivity index is 2.36. The lowest BCUT2D eigenvalue weighted by Crippen LogP contribution is -2.30. The predicted octanol–water partition coefficient (Wildman–Crippen LogP) is -0.559. The molecule has 0 saturated heterocycles. The van der Waals surface area contributed by atoms with E-state index in [-0.39, 0.29) is 12.3 Å². The van der Waals surface area contributed by atoms with Gasteiger partial charge in [0.15, 0.2) is 11.5 Å². The zero-order chi connectivity index (χ0) is 11.1. The molecule has 0 aliphatic heterocycles. The van der Waals surface area contributed by atoms with Crippen LogP contribution < -0.4 is 11.3 Å². The molecule has 1 amide bonds. The molecule has 0 aromatic carbocycles. The van der Waals surface area contributed by atoms with Crippen molar-refractivity contribution in [1.82, 2.24) is 10.6 Å². The number of nitrogens with two attached hydrogens (primary N) is 1. The van der Waals surface area contributed by atoms with E-state index < -0.39 is 5.91 Å². The van der Waals surface area contributed by atoms with E-state index in [1.165, 1.54) is 6.07 Å². The molecule has 1 rings (SSSR count). The first-order valence-corrected chi connectivity index (χ1v) is 4.31. The first kappa shape index (κ1) is 11.6. The Labute approximate surface area is 86.5 Å². The molecule has 0 atom stereocenters. The summed E-state index contributed by atoms with van der Waals surface area (Å²) in [4.78, 5) is 11.0. The summed E-state index contributed by atoms with van der Waals surface area (Å²) in [5.41, 5.74) is 2.08. The monoisotopic (exact) mass is 215 g/mol. The van der Waals surface area contributed by atoms with Crippen LogP contribution in [0.5, 0.6) is 0 Å². The number of nitrogens with one attached hydrogen (secondary N) is 1. The number of hydrogen-bond acceptors (Lipinski definition) is 6. The number of hydrazine groups is 1. The van der Waals surface area contributed by atoms with Crippen LogP contribution in [-0.4, -0.2) is 31.4 Å². The molecule has 1 heterocycles. The first-order valence-electron chi connectivity index (χ1n) is 4.31. The van der Waals surface area contributed by atoms with Crippen molar-refractivity contribution in [2.24, 2.45) is 5.84 Å². The Kier molecular flexibility index (Phi) is 4.75. The Bertz CT molecular complexity index is 313. The maximum Gasteiger partial charge on any atom is 0.287 e. The van der Waals surface area contributed by atoms with Crippen molar-refractivity contribution in [3.05, 3.63) is 17.5 Å². The lowest BCUT2D eigenvalue weighted by Gasteiger charge is -1.98. The summed E-state index contributed by atoms with van der Waals surface area (Å²) in [5, 5.41) is 3.51. The summed E-state index contributed by atoms with van der Waals surface area (Å²) in [5.74, 6) is 4.89. The largest absolute Gasteiger partial charge is 0.382 e. The van der Waals surface area contributed by atoms with Crippen molar-refractivity contribution in [3.63, 3.8) is 0 Å². The Morgan fingerprint density at radius 3 is 3.13 bits per heavy atom. The van der Waals surface area contributed by atoms with Crippen LogP contribution in [-0.2, 0) is 16.1 Å². The van der Waals surface area contributed by atoms with Crippen LogP contribution in [0.25, 0.3) is 0 Å². The Morgan fingerprint density at radius 1 is 1.67 bits per heavy atom. The van der Waals surface area contributed by atoms with Gasteiger partial charge in [0.2, 0.25) is 0 Å². The van der Waals surface area contributed by atoms with Gasteiger partial charge in [-0.2, -0.15) is 0 Å². The summed E-state index contributed by atoms with van der Waals surface area (Å²) in [6.07, 6.45) is 0. The number of rotatable bonds is 6. The van der Waals surface area contributed by atoms with E-state index in [1.807, 2.05) is 5.43 Å². The summed E-state index contributed by atoms with van der Waals surface area (Å²) in [6.45, 7) is 1.20. The number of carbonyl (C=O) groups excluding carboxylic acids is 1. The fourth-order valence-electron chi connectivity index (χ4n) is 0.877. The van der Waals surface area contributed by atoms with Crippen LogP contribution in [0.1, 0.15) is 16.2 Å². The highest BCUT2D eigenvalue weighted by molar-refractivity contribution is 5.91. The van der Waals surface area contributed by atoms with Crippen LogP contribution >= 0.6 is 0 Å². The van der Waals surface area contributed by atoms with Crippen molar-refractivity contribution >= 4 is 5.91 Å². The SMILES string of the molecule is COCCOCc1cc(C(=O)NN)no1. The number of amides is 1. The summed E-state index contributed by atoms with van der Waals surface area (Å²) in [6, 6.07) is 1.47. The standard InChI is InChI=1S/C8H13N3O4/c1-13-2-3-14-5-6-4-7(11-15-6)8(12)10-9/h4H,2-3,5,9H2,1H3,(H,10,12). The molecule has 1 aromatic heterocycles. The van der Waals surface area contributed by atoms with E-state index in [4.69, 9.17) is 19.8 Å². The third kappa shape index (κ3) is 3.66. The highest BCUT2D eigenvalue weighted by Gasteiger charge is 2.10. The van der Waals surface area contributed by atoms with Gasteiger partial charge in [-0.15, -0.1) is 0 Å². The van der Waals surface area contributed by atoms with Crippen molar-refractivity contribution in [2.45, 2.75) is 6.61 Å². The molecular weight excluding hydrogens is 202 g/mol. The number of aromatic nitrogens is 1. The summed E-state index contributed by atoms with van der Waals surface area (Å²) < 4.78 is 14.8. The Morgan fingerprint density at radius 2 is 2.47 bits per heavy atom. The second kappa shape index (κ2) is 6.12. The van der Waals surface area contributed by atoms with E-state index in [0.717, 1.165) is 0 Å². The van der Waals surface area contributed by atoms with Crippen LogP contribution in [0.2, 0.25) is 0 Å². The lowest BCUT2D eigenvalue weighted by molar-refractivity contribution is 0.0514. The van der Waals surface area contributed by atoms with Gasteiger partial charge in [0.1, 0.15) is 6.61 Å². The van der Waals surface area contributed by atoms with Crippen LogP contribution in [0.3, 0.4) is 0 Å². The molecule has 0 unspecified atom stereocenters. The van der Waals surface area contributed by atoms with Gasteiger partial charge in [0.25, 0.3) is 5.91 Å². The minimum atomic E-state index is -0.498. The fourth-order valence-corrected chi connectivity index (χ4v) is 0.877. The smallest absolute Gasteiger partial charge is 0.287 e. The molecule has 3 N–H and O–H groups in total. The second-order valence-corrected chi connectivity index (χ2v) is 2.70. The molecule has 15 heavy (non-hydrogen) atoms. The zero-order valence-corrected chi connectivity index (χ0v) is 8.36. The first-order chi connectivity index (χ1) is 7.27. The molecule has 7 heteroatoms. The minimum Gasteiger partial charge on any atom is -0.382 e. The molecule has 7 nitrogen and oxygen atoms in total. The highest BCUT2D eigenvalue weighted by Crippen LogP contribution is 2.04. The molecule has 0 radical (unpaired) electrons. The number of nitrogens with zero attached hydrogens (tertiary/aromatic N) is 1. The van der Waals surface area contributed by atoms with Gasteiger partial charge in [-0.25, -0.2) is 5.84 Å². The van der Waals surface area contributed by atoms with Crippen LogP contribution in [0, 0.1) is 0 Å². The second-order valence-electron chi connectivity index (χ2n) is 2.70. The van der Waals surface area contributed by atoms with Crippen molar-refractivity contribution in [3.8, 4) is 0 Å². The maximum atomic E-state index is 11.0. The number of carbonyl (C=O) groups is 1. The summed E-state index contributed by atoms with van der Waals surface area (Å²) in [7, 11) is 1.58. The fraction of sp³-hybridized carbons (Fsp3) is 0.500. The quantitative estimate of drug-likeness (QED) is 0.285. The van der Waals surface area contributed by atoms with E-state index in [1.54, 1.807) is 7.11 Å². The molecule has 0 aliphatic rings. The van der Waals surface area contributed by atoms with Crippen LogP contribution in [0.4, 0.5) is 0 Å². The predicted molar refractivity (Wildman–Crippen MR) is 49.7 cm³/mol. The van der Waals surface area contributed by atoms with Crippen LogP contribution in [0.15, 0.2) is 10.6 Å². The Hall–Kier alpha value is -1.44. The maximum absolute atomic E-state index is 11.0. The van der Waals surface area contributed by atoms with Gasteiger partial charge < -0.3 is 14.0 Å². The molecule has 0 saturated carbocycles. The normalized spacial score (nSPS) is 10.3. The molecular formula is C8H13N3O4. The molecule has 0 fully saturated rings. The molecule has 84 valence electrons. The number of nitrogen functional groups attached to an aromatic ring is 1. The third-order valence-corrected chi connectivity index (χ3v) is 1.60. The molecule has 0 aliphatic carbocycles. The van der Waals surface area contributed by atoms with E-state index >= 15 is 0 Å². The third-order valence-electron chi connectivity index (χ3n) is 1.60. The lowest BCUT2D eigenvalue weighted by atomic mass is 10.3. The van der Waals surface area contributed by atoms with E-state index in [2.05, 4.69) is 5.16 Å². The van der Waals surface area contributed by atoms with Gasteiger partial charge in [0.05, 0.1) is 13.2 Å². The highest BCUT2D eigenvalue weighted by atomic mass is 16.5. The number of methoxy groups -OCH3 is 1. The molecule has 0 bridgehead atoms. The average molecular weight is 215 g/mol. The molecule has 0 spiro atoms. The van der Waals surface area contributed by atoms with Gasteiger partial charge in [-0.3, -0.25) is 10.2 Å². The minimum absolute atomic E-state index is 0.128. The van der Waals surface area contributed by atoms with E-state index in [9.17, 15) is 4.79 Å². The van der Waals surface area contributed by atoms with E-state index in [0.29, 0.717) is 19.0 Å². The topological polar surface area (TPSA) is 99.6 Å².